The van der Waals surface area contributed by atoms with Crippen molar-refractivity contribution >= 4 is 17.5 Å². The van der Waals surface area contributed by atoms with Gasteiger partial charge in [0.15, 0.2) is 0 Å². The number of hydrogen-bond donors (Lipinski definition) is 2. The van der Waals surface area contributed by atoms with Gasteiger partial charge in [-0.1, -0.05) is 12.1 Å². The van der Waals surface area contributed by atoms with Gasteiger partial charge in [-0.15, -0.1) is 0 Å². The number of nitrogens with two attached hydrogens (primary N) is 1. The molecule has 116 valence electrons. The largest absolute Gasteiger partial charge is 0.399 e. The average molecular weight is 291 g/mol. The molecule has 0 unspecified atom stereocenters. The van der Waals surface area contributed by atoms with Gasteiger partial charge >= 0.3 is 0 Å². The van der Waals surface area contributed by atoms with E-state index in [1.165, 1.54) is 4.90 Å². The Hall–Kier alpha value is -2.04. The third-order valence-corrected chi connectivity index (χ3v) is 2.90. The van der Waals surface area contributed by atoms with E-state index in [-0.39, 0.29) is 23.9 Å². The summed E-state index contributed by atoms with van der Waals surface area (Å²) in [5.74, 6) is -0.205. The molecule has 1 aromatic rings. The van der Waals surface area contributed by atoms with E-state index in [1.807, 2.05) is 45.0 Å². The second kappa shape index (κ2) is 7.11. The summed E-state index contributed by atoms with van der Waals surface area (Å²) in [5, 5.41) is 2.84. The predicted octanol–water partition coefficient (Wildman–Crippen LogP) is 1.57. The van der Waals surface area contributed by atoms with Crippen molar-refractivity contribution in [2.45, 2.75) is 39.2 Å². The topological polar surface area (TPSA) is 75.4 Å². The van der Waals surface area contributed by atoms with Crippen LogP contribution < -0.4 is 11.1 Å². The van der Waals surface area contributed by atoms with E-state index in [0.717, 1.165) is 5.56 Å². The zero-order chi connectivity index (χ0) is 16.0. The van der Waals surface area contributed by atoms with Crippen LogP contribution in [0.3, 0.4) is 0 Å². The van der Waals surface area contributed by atoms with Crippen LogP contribution in [-0.2, 0) is 16.0 Å². The van der Waals surface area contributed by atoms with E-state index < -0.39 is 0 Å². The molecular formula is C16H25N3O2. The van der Waals surface area contributed by atoms with Crippen LogP contribution in [0, 0.1) is 0 Å². The molecular weight excluding hydrogens is 266 g/mol. The number of benzene rings is 1. The number of nitrogen functional groups attached to an aromatic ring is 1. The molecule has 0 aliphatic carbocycles. The highest BCUT2D eigenvalue weighted by Gasteiger charge is 2.17. The average Bonchev–Trinajstić information content (AvgIpc) is 2.33. The van der Waals surface area contributed by atoms with Gasteiger partial charge in [-0.3, -0.25) is 9.59 Å². The third kappa shape index (κ3) is 6.79. The van der Waals surface area contributed by atoms with Gasteiger partial charge in [0.05, 0.1) is 6.54 Å². The first-order valence-corrected chi connectivity index (χ1v) is 7.07. The Balaban J connectivity index is 2.43. The lowest BCUT2D eigenvalue weighted by molar-refractivity contribution is -0.135. The van der Waals surface area contributed by atoms with Gasteiger partial charge in [0.25, 0.3) is 0 Å². The molecule has 0 atom stereocenters. The monoisotopic (exact) mass is 291 g/mol. The minimum absolute atomic E-state index is 0.0542. The molecule has 0 radical (unpaired) electrons. The van der Waals surface area contributed by atoms with Gasteiger partial charge in [0.2, 0.25) is 11.8 Å². The first-order chi connectivity index (χ1) is 9.67. The molecule has 5 nitrogen and oxygen atoms in total. The van der Waals surface area contributed by atoms with Crippen molar-refractivity contribution in [2.75, 3.05) is 19.3 Å². The number of amides is 2. The molecule has 5 heteroatoms. The third-order valence-electron chi connectivity index (χ3n) is 2.90. The molecule has 1 rings (SSSR count). The maximum atomic E-state index is 12.0. The van der Waals surface area contributed by atoms with Gasteiger partial charge in [-0.2, -0.15) is 0 Å². The number of anilines is 1. The molecule has 2 amide bonds. The van der Waals surface area contributed by atoms with Crippen LogP contribution in [0.4, 0.5) is 5.69 Å². The first-order valence-electron chi connectivity index (χ1n) is 7.07. The van der Waals surface area contributed by atoms with Gasteiger partial charge < -0.3 is 16.0 Å². The van der Waals surface area contributed by atoms with Crippen LogP contribution in [0.1, 0.15) is 32.8 Å². The Kier molecular flexibility index (Phi) is 5.76. The lowest BCUT2D eigenvalue weighted by atomic mass is 10.1. The van der Waals surface area contributed by atoms with Crippen LogP contribution in [0.5, 0.6) is 0 Å². The maximum Gasteiger partial charge on any atom is 0.240 e. The van der Waals surface area contributed by atoms with Crippen molar-refractivity contribution < 1.29 is 9.59 Å². The van der Waals surface area contributed by atoms with Crippen LogP contribution >= 0.6 is 0 Å². The number of rotatable bonds is 5. The summed E-state index contributed by atoms with van der Waals surface area (Å²) in [6.45, 7) is 5.80. The standard InChI is InChI=1S/C16H25N3O2/c1-16(2,3)18-14(20)11-19(4)15(21)9-8-12-6-5-7-13(17)10-12/h5-7,10H,8-9,11,17H2,1-4H3,(H,18,20). The minimum Gasteiger partial charge on any atom is -0.399 e. The number of nitrogens with one attached hydrogen (secondary N) is 1. The van der Waals surface area contributed by atoms with Gasteiger partial charge in [-0.25, -0.2) is 0 Å². The lowest BCUT2D eigenvalue weighted by Crippen LogP contribution is -2.46. The Labute approximate surface area is 126 Å². The fraction of sp³-hybridized carbons (Fsp3) is 0.500. The quantitative estimate of drug-likeness (QED) is 0.809. The highest BCUT2D eigenvalue weighted by atomic mass is 16.2. The molecule has 0 aromatic heterocycles. The molecule has 0 heterocycles. The molecule has 0 saturated carbocycles. The first kappa shape index (κ1) is 17.0. The smallest absolute Gasteiger partial charge is 0.240 e. The zero-order valence-corrected chi connectivity index (χ0v) is 13.3. The second-order valence-corrected chi connectivity index (χ2v) is 6.29. The van der Waals surface area contributed by atoms with Gasteiger partial charge in [0, 0.05) is 24.7 Å². The van der Waals surface area contributed by atoms with Crippen molar-refractivity contribution in [2.24, 2.45) is 0 Å². The van der Waals surface area contributed by atoms with Crippen LogP contribution in [0.25, 0.3) is 0 Å². The predicted molar refractivity (Wildman–Crippen MR) is 84.7 cm³/mol. The number of aryl methyl sites for hydroxylation is 1. The van der Waals surface area contributed by atoms with E-state index in [2.05, 4.69) is 5.32 Å². The Morgan fingerprint density at radius 3 is 2.52 bits per heavy atom. The molecule has 0 aliphatic rings. The van der Waals surface area contributed by atoms with Crippen molar-refractivity contribution in [3.8, 4) is 0 Å². The molecule has 0 saturated heterocycles. The number of carbonyl (C=O) groups excluding carboxylic acids is 2. The summed E-state index contributed by atoms with van der Waals surface area (Å²) in [7, 11) is 1.64. The highest BCUT2D eigenvalue weighted by Crippen LogP contribution is 2.09. The SMILES string of the molecule is CN(CC(=O)NC(C)(C)C)C(=O)CCc1cccc(N)c1. The summed E-state index contributed by atoms with van der Waals surface area (Å²) < 4.78 is 0. The fourth-order valence-electron chi connectivity index (χ4n) is 1.95. The number of nitrogens with zero attached hydrogens (tertiary/aromatic N) is 1. The molecule has 0 aliphatic heterocycles. The van der Waals surface area contributed by atoms with Crippen LogP contribution in [0.2, 0.25) is 0 Å². The van der Waals surface area contributed by atoms with Crippen molar-refractivity contribution in [1.29, 1.82) is 0 Å². The van der Waals surface area contributed by atoms with Gasteiger partial charge in [-0.05, 0) is 44.9 Å². The minimum atomic E-state index is -0.289. The molecule has 1 aromatic carbocycles. The summed E-state index contributed by atoms with van der Waals surface area (Å²) in [5.41, 5.74) is 7.13. The normalized spacial score (nSPS) is 11.0. The molecule has 0 fully saturated rings. The molecule has 21 heavy (non-hydrogen) atoms. The molecule has 0 spiro atoms. The summed E-state index contributed by atoms with van der Waals surface area (Å²) in [6, 6.07) is 7.49. The van der Waals surface area contributed by atoms with E-state index in [1.54, 1.807) is 7.05 Å². The Morgan fingerprint density at radius 1 is 1.29 bits per heavy atom. The Morgan fingerprint density at radius 2 is 1.95 bits per heavy atom. The van der Waals surface area contributed by atoms with E-state index >= 15 is 0 Å². The van der Waals surface area contributed by atoms with E-state index in [9.17, 15) is 9.59 Å². The van der Waals surface area contributed by atoms with Crippen LogP contribution in [0.15, 0.2) is 24.3 Å². The maximum absolute atomic E-state index is 12.0. The summed E-state index contributed by atoms with van der Waals surface area (Å²) in [4.78, 5) is 25.2. The van der Waals surface area contributed by atoms with Crippen LogP contribution in [-0.4, -0.2) is 35.8 Å². The van der Waals surface area contributed by atoms with E-state index in [0.29, 0.717) is 18.5 Å². The lowest BCUT2D eigenvalue weighted by Gasteiger charge is -2.23. The zero-order valence-electron chi connectivity index (χ0n) is 13.3. The van der Waals surface area contributed by atoms with E-state index in [4.69, 9.17) is 5.73 Å². The molecule has 0 bridgehead atoms. The number of carbonyl (C=O) groups is 2. The van der Waals surface area contributed by atoms with Crippen molar-refractivity contribution in [3.63, 3.8) is 0 Å². The fourth-order valence-corrected chi connectivity index (χ4v) is 1.95. The van der Waals surface area contributed by atoms with Gasteiger partial charge in [0.1, 0.15) is 0 Å². The highest BCUT2D eigenvalue weighted by molar-refractivity contribution is 5.85. The number of hydrogen-bond acceptors (Lipinski definition) is 3. The summed E-state index contributed by atoms with van der Waals surface area (Å²) >= 11 is 0. The van der Waals surface area contributed by atoms with Crippen molar-refractivity contribution in [1.82, 2.24) is 10.2 Å². The van der Waals surface area contributed by atoms with Crippen molar-refractivity contribution in [3.05, 3.63) is 29.8 Å². The Bertz CT molecular complexity index is 506. The number of likely N-dealkylation sites (N-methyl/N-ethyl adjacent to an activating group) is 1. The summed E-state index contributed by atoms with van der Waals surface area (Å²) in [6.07, 6.45) is 0.984. The second-order valence-electron chi connectivity index (χ2n) is 6.29. The molecule has 3 N–H and O–H groups in total.